The zero-order valence-corrected chi connectivity index (χ0v) is 17.5. The Hall–Kier alpha value is -3.85. The second-order valence-corrected chi connectivity index (χ2v) is 7.93. The van der Waals surface area contributed by atoms with E-state index in [9.17, 15) is 4.79 Å². The van der Waals surface area contributed by atoms with E-state index < -0.39 is 0 Å². The zero-order chi connectivity index (χ0) is 21.2. The number of nitrogens with zero attached hydrogens (tertiary/aromatic N) is 2. The van der Waals surface area contributed by atoms with Gasteiger partial charge in [-0.3, -0.25) is 9.69 Å². The molecule has 4 aromatic rings. The number of rotatable bonds is 4. The second-order valence-electron chi connectivity index (χ2n) is 7.93. The van der Waals surface area contributed by atoms with Crippen LogP contribution in [0.4, 0.5) is 11.4 Å². The number of hydrogen-bond donors (Lipinski definition) is 0. The number of fused-ring (bicyclic) bond motifs is 1. The van der Waals surface area contributed by atoms with E-state index in [4.69, 9.17) is 0 Å². The van der Waals surface area contributed by atoms with Crippen LogP contribution in [0.3, 0.4) is 0 Å². The minimum absolute atomic E-state index is 0.0256. The van der Waals surface area contributed by atoms with Gasteiger partial charge in [-0.15, -0.1) is 0 Å². The molecule has 4 aromatic carbocycles. The first-order chi connectivity index (χ1) is 15.2. The number of anilines is 2. The lowest BCUT2D eigenvalue weighted by Gasteiger charge is -2.46. The molecule has 1 aliphatic heterocycles. The number of aryl methyl sites for hydroxylation is 1. The Bertz CT molecular complexity index is 1190. The lowest BCUT2D eigenvalue weighted by atomic mass is 9.99. The van der Waals surface area contributed by atoms with Gasteiger partial charge in [0.2, 0.25) is 0 Å². The SMILES string of the molecule is Cc1ccc(N2C(=O)c3ccccc3N(Cc3ccccc3)[C@@H]2c2ccccc2)cc1. The van der Waals surface area contributed by atoms with Crippen LogP contribution in [0.25, 0.3) is 0 Å². The summed E-state index contributed by atoms with van der Waals surface area (Å²) in [6, 6.07) is 36.8. The molecule has 0 bridgehead atoms. The number of hydrogen-bond acceptors (Lipinski definition) is 2. The quantitative estimate of drug-likeness (QED) is 0.395. The Kier molecular flexibility index (Phi) is 5.01. The molecular formula is C28H24N2O. The van der Waals surface area contributed by atoms with Crippen molar-refractivity contribution in [3.8, 4) is 0 Å². The van der Waals surface area contributed by atoms with E-state index in [-0.39, 0.29) is 12.1 Å². The predicted molar refractivity (Wildman–Crippen MR) is 126 cm³/mol. The van der Waals surface area contributed by atoms with E-state index in [1.165, 1.54) is 11.1 Å². The van der Waals surface area contributed by atoms with Crippen LogP contribution < -0.4 is 9.80 Å². The summed E-state index contributed by atoms with van der Waals surface area (Å²) in [5, 5.41) is 0. The summed E-state index contributed by atoms with van der Waals surface area (Å²) in [4.78, 5) is 18.0. The lowest BCUT2D eigenvalue weighted by Crippen LogP contribution is -2.49. The summed E-state index contributed by atoms with van der Waals surface area (Å²) in [6.45, 7) is 2.76. The van der Waals surface area contributed by atoms with Crippen LogP contribution in [0.2, 0.25) is 0 Å². The van der Waals surface area contributed by atoms with Crippen LogP contribution in [0.15, 0.2) is 109 Å². The molecule has 1 heterocycles. The Morgan fingerprint density at radius 3 is 2.03 bits per heavy atom. The van der Waals surface area contributed by atoms with Crippen molar-refractivity contribution < 1.29 is 4.79 Å². The van der Waals surface area contributed by atoms with E-state index >= 15 is 0 Å². The van der Waals surface area contributed by atoms with Gasteiger partial charge in [-0.25, -0.2) is 0 Å². The fourth-order valence-electron chi connectivity index (χ4n) is 4.29. The standard InChI is InChI=1S/C28H24N2O/c1-21-16-18-24(19-17-21)30-27(23-12-6-3-7-13-23)29(20-22-10-4-2-5-11-22)26-15-9-8-14-25(26)28(30)31/h2-19,27H,20H2,1H3/t27-/m0/s1. The summed E-state index contributed by atoms with van der Waals surface area (Å²) in [5.74, 6) is 0.0256. The van der Waals surface area contributed by atoms with Crippen molar-refractivity contribution in [3.05, 3.63) is 131 Å². The van der Waals surface area contributed by atoms with Crippen LogP contribution in [0.5, 0.6) is 0 Å². The van der Waals surface area contributed by atoms with Gasteiger partial charge in [-0.2, -0.15) is 0 Å². The van der Waals surface area contributed by atoms with E-state index in [2.05, 4.69) is 66.4 Å². The number of amides is 1. The number of carbonyl (C=O) groups excluding carboxylic acids is 1. The summed E-state index contributed by atoms with van der Waals surface area (Å²) >= 11 is 0. The third-order valence-corrected chi connectivity index (χ3v) is 5.81. The average molecular weight is 405 g/mol. The van der Waals surface area contributed by atoms with E-state index in [1.54, 1.807) is 0 Å². The van der Waals surface area contributed by atoms with Crippen molar-refractivity contribution in [1.29, 1.82) is 0 Å². The van der Waals surface area contributed by atoms with Gasteiger partial charge in [0.05, 0.1) is 11.3 Å². The Balaban J connectivity index is 1.72. The maximum Gasteiger partial charge on any atom is 0.262 e. The van der Waals surface area contributed by atoms with E-state index in [0.717, 1.165) is 22.5 Å². The first-order valence-electron chi connectivity index (χ1n) is 10.6. The average Bonchev–Trinajstić information content (AvgIpc) is 2.83. The van der Waals surface area contributed by atoms with Crippen molar-refractivity contribution in [2.24, 2.45) is 0 Å². The van der Waals surface area contributed by atoms with Gasteiger partial charge in [0.15, 0.2) is 0 Å². The third-order valence-electron chi connectivity index (χ3n) is 5.81. The first-order valence-corrected chi connectivity index (χ1v) is 10.6. The third kappa shape index (κ3) is 3.59. The van der Waals surface area contributed by atoms with Crippen molar-refractivity contribution in [2.75, 3.05) is 9.80 Å². The topological polar surface area (TPSA) is 23.6 Å². The highest BCUT2D eigenvalue weighted by Crippen LogP contribution is 2.42. The lowest BCUT2D eigenvalue weighted by molar-refractivity contribution is 0.0968. The van der Waals surface area contributed by atoms with Gasteiger partial charge >= 0.3 is 0 Å². The van der Waals surface area contributed by atoms with Crippen LogP contribution in [-0.2, 0) is 6.54 Å². The van der Waals surface area contributed by atoms with Gasteiger partial charge in [0.1, 0.15) is 6.17 Å². The molecule has 1 atom stereocenters. The fraction of sp³-hybridized carbons (Fsp3) is 0.107. The zero-order valence-electron chi connectivity index (χ0n) is 17.5. The predicted octanol–water partition coefficient (Wildman–Crippen LogP) is 6.36. The van der Waals surface area contributed by atoms with Crippen LogP contribution >= 0.6 is 0 Å². The van der Waals surface area contributed by atoms with Gasteiger partial charge in [0, 0.05) is 12.2 Å². The smallest absolute Gasteiger partial charge is 0.262 e. The minimum atomic E-state index is -0.244. The van der Waals surface area contributed by atoms with Gasteiger partial charge in [-0.05, 0) is 42.3 Å². The molecule has 3 nitrogen and oxygen atoms in total. The van der Waals surface area contributed by atoms with Crippen molar-refractivity contribution in [3.63, 3.8) is 0 Å². The molecule has 31 heavy (non-hydrogen) atoms. The molecule has 5 rings (SSSR count). The fourth-order valence-corrected chi connectivity index (χ4v) is 4.29. The Morgan fingerprint density at radius 2 is 1.32 bits per heavy atom. The summed E-state index contributed by atoms with van der Waals surface area (Å²) in [7, 11) is 0. The largest absolute Gasteiger partial charge is 0.342 e. The maximum atomic E-state index is 13.8. The molecule has 3 heteroatoms. The van der Waals surface area contributed by atoms with Crippen LogP contribution in [0.1, 0.15) is 33.2 Å². The molecule has 0 aliphatic carbocycles. The molecule has 152 valence electrons. The monoisotopic (exact) mass is 404 g/mol. The molecule has 0 saturated carbocycles. The molecule has 0 spiro atoms. The highest BCUT2D eigenvalue weighted by Gasteiger charge is 2.39. The molecule has 1 amide bonds. The van der Waals surface area contributed by atoms with Crippen LogP contribution in [-0.4, -0.2) is 5.91 Å². The number of benzene rings is 4. The van der Waals surface area contributed by atoms with Gasteiger partial charge in [0.25, 0.3) is 5.91 Å². The molecule has 0 fully saturated rings. The molecular weight excluding hydrogens is 380 g/mol. The molecule has 0 saturated heterocycles. The maximum absolute atomic E-state index is 13.8. The number of para-hydroxylation sites is 1. The highest BCUT2D eigenvalue weighted by atomic mass is 16.2. The normalized spacial score (nSPS) is 15.6. The molecule has 0 aromatic heterocycles. The number of carbonyl (C=O) groups is 1. The summed E-state index contributed by atoms with van der Waals surface area (Å²) in [5.41, 5.74) is 6.06. The minimum Gasteiger partial charge on any atom is -0.342 e. The molecule has 0 N–H and O–H groups in total. The van der Waals surface area contributed by atoms with Gasteiger partial charge < -0.3 is 4.90 Å². The summed E-state index contributed by atoms with van der Waals surface area (Å²) in [6.07, 6.45) is -0.244. The molecule has 0 unspecified atom stereocenters. The second kappa shape index (κ2) is 8.11. The Labute approximate surface area is 183 Å². The van der Waals surface area contributed by atoms with Crippen molar-refractivity contribution in [2.45, 2.75) is 19.6 Å². The van der Waals surface area contributed by atoms with Crippen molar-refractivity contribution >= 4 is 17.3 Å². The van der Waals surface area contributed by atoms with Gasteiger partial charge in [-0.1, -0.05) is 90.5 Å². The molecule has 0 radical (unpaired) electrons. The summed E-state index contributed by atoms with van der Waals surface area (Å²) < 4.78 is 0. The van der Waals surface area contributed by atoms with Crippen LogP contribution in [0, 0.1) is 6.92 Å². The van der Waals surface area contributed by atoms with Crippen molar-refractivity contribution in [1.82, 2.24) is 0 Å². The highest BCUT2D eigenvalue weighted by molar-refractivity contribution is 6.12. The van der Waals surface area contributed by atoms with E-state index in [1.807, 2.05) is 59.5 Å². The van der Waals surface area contributed by atoms with E-state index in [0.29, 0.717) is 6.54 Å². The Morgan fingerprint density at radius 1 is 0.710 bits per heavy atom. The molecule has 1 aliphatic rings. The first kappa shape index (κ1) is 19.1.